The number of piperidine rings is 1. The third kappa shape index (κ3) is 4.07. The lowest BCUT2D eigenvalue weighted by atomic mass is 10.1. The van der Waals surface area contributed by atoms with Gasteiger partial charge in [-0.2, -0.15) is 0 Å². The highest BCUT2D eigenvalue weighted by atomic mass is 32.1. The summed E-state index contributed by atoms with van der Waals surface area (Å²) in [5.74, 6) is -0.319. The molecule has 1 aliphatic rings. The first-order valence-corrected chi connectivity index (χ1v) is 7.71. The van der Waals surface area contributed by atoms with Crippen molar-refractivity contribution in [3.63, 3.8) is 0 Å². The van der Waals surface area contributed by atoms with Crippen LogP contribution in [0.4, 0.5) is 10.9 Å². The molecule has 0 saturated carbocycles. The lowest BCUT2D eigenvalue weighted by molar-refractivity contribution is -0.124. The smallest absolute Gasteiger partial charge is 0.265 e. The Hall–Kier alpha value is -1.83. The van der Waals surface area contributed by atoms with Crippen molar-refractivity contribution in [3.8, 4) is 0 Å². The molecule has 0 spiro atoms. The van der Waals surface area contributed by atoms with Crippen LogP contribution in [0, 0.1) is 0 Å². The van der Waals surface area contributed by atoms with Crippen molar-refractivity contribution in [3.05, 3.63) is 4.88 Å². The molecule has 0 radical (unpaired) electrons. The molecule has 1 atom stereocenters. The summed E-state index contributed by atoms with van der Waals surface area (Å²) in [4.78, 5) is 28.4. The molecule has 21 heavy (non-hydrogen) atoms. The number of carbonyl (C=O) groups excluding carboxylic acids is 2. The molecule has 1 fully saturated rings. The van der Waals surface area contributed by atoms with Gasteiger partial charge in [0.05, 0.1) is 0 Å². The Balaban J connectivity index is 2.07. The van der Waals surface area contributed by atoms with Gasteiger partial charge in [0.15, 0.2) is 5.13 Å². The van der Waals surface area contributed by atoms with E-state index in [9.17, 15) is 9.59 Å². The van der Waals surface area contributed by atoms with Gasteiger partial charge in [0, 0.05) is 12.1 Å². The van der Waals surface area contributed by atoms with Gasteiger partial charge in [-0.1, -0.05) is 11.3 Å². The van der Waals surface area contributed by atoms with E-state index >= 15 is 0 Å². The summed E-state index contributed by atoms with van der Waals surface area (Å²) in [6.07, 6.45) is 1.50. The average molecular weight is 311 g/mol. The van der Waals surface area contributed by atoms with Crippen molar-refractivity contribution in [2.24, 2.45) is 0 Å². The molecule has 1 aromatic heterocycles. The predicted octanol–water partition coefficient (Wildman–Crippen LogP) is 0.944. The van der Waals surface area contributed by atoms with E-state index in [1.807, 2.05) is 20.8 Å². The van der Waals surface area contributed by atoms with Crippen LogP contribution in [0.25, 0.3) is 0 Å². The largest absolute Gasteiger partial charge is 0.382 e. The van der Waals surface area contributed by atoms with Gasteiger partial charge in [0.25, 0.3) is 5.91 Å². The Morgan fingerprint density at radius 3 is 2.81 bits per heavy atom. The summed E-state index contributed by atoms with van der Waals surface area (Å²) in [6, 6.07) is -0.494. The molecule has 0 aliphatic carbocycles. The molecule has 1 unspecified atom stereocenters. The minimum absolute atomic E-state index is 0.147. The monoisotopic (exact) mass is 311 g/mol. The van der Waals surface area contributed by atoms with Crippen LogP contribution in [0.5, 0.6) is 0 Å². The summed E-state index contributed by atoms with van der Waals surface area (Å²) in [7, 11) is 0. The maximum Gasteiger partial charge on any atom is 0.265 e. The van der Waals surface area contributed by atoms with E-state index in [0.717, 1.165) is 6.42 Å². The average Bonchev–Trinajstić information content (AvgIpc) is 2.70. The quantitative estimate of drug-likeness (QED) is 0.664. The first-order valence-electron chi connectivity index (χ1n) is 6.89. The van der Waals surface area contributed by atoms with Gasteiger partial charge in [-0.3, -0.25) is 9.59 Å². The molecular formula is C13H21N5O2S. The number of hydrogen-bond donors (Lipinski definition) is 4. The van der Waals surface area contributed by atoms with E-state index in [4.69, 9.17) is 5.73 Å². The molecule has 1 aliphatic heterocycles. The Labute approximate surface area is 127 Å². The van der Waals surface area contributed by atoms with Crippen LogP contribution in [-0.2, 0) is 4.79 Å². The van der Waals surface area contributed by atoms with Gasteiger partial charge in [0.1, 0.15) is 16.7 Å². The number of rotatable bonds is 3. The Morgan fingerprint density at radius 1 is 1.48 bits per heavy atom. The predicted molar refractivity (Wildman–Crippen MR) is 83.4 cm³/mol. The molecule has 5 N–H and O–H groups in total. The van der Waals surface area contributed by atoms with Crippen LogP contribution in [-0.4, -0.2) is 34.9 Å². The van der Waals surface area contributed by atoms with Crippen molar-refractivity contribution in [2.45, 2.75) is 45.2 Å². The fourth-order valence-corrected chi connectivity index (χ4v) is 3.00. The number of aromatic nitrogens is 1. The van der Waals surface area contributed by atoms with Crippen molar-refractivity contribution >= 4 is 34.1 Å². The van der Waals surface area contributed by atoms with E-state index in [2.05, 4.69) is 20.9 Å². The second-order valence-corrected chi connectivity index (χ2v) is 7.07. The highest BCUT2D eigenvalue weighted by molar-refractivity contribution is 7.18. The Morgan fingerprint density at radius 2 is 2.19 bits per heavy atom. The highest BCUT2D eigenvalue weighted by Gasteiger charge is 2.26. The molecule has 2 heterocycles. The molecule has 0 aromatic carbocycles. The molecule has 7 nitrogen and oxygen atoms in total. The van der Waals surface area contributed by atoms with Crippen LogP contribution in [0.15, 0.2) is 0 Å². The van der Waals surface area contributed by atoms with E-state index in [-0.39, 0.29) is 23.2 Å². The second kappa shape index (κ2) is 5.88. The summed E-state index contributed by atoms with van der Waals surface area (Å²) in [5.41, 5.74) is 5.63. The number of nitrogens with two attached hydrogens (primary N) is 1. The van der Waals surface area contributed by atoms with Gasteiger partial charge in [-0.15, -0.1) is 0 Å². The maximum absolute atomic E-state index is 12.2. The number of nitrogen functional groups attached to an aromatic ring is 1. The van der Waals surface area contributed by atoms with Crippen LogP contribution >= 0.6 is 11.3 Å². The number of nitrogens with zero attached hydrogens (tertiary/aromatic N) is 1. The third-order valence-electron chi connectivity index (χ3n) is 2.93. The van der Waals surface area contributed by atoms with Crippen molar-refractivity contribution in [1.82, 2.24) is 15.6 Å². The van der Waals surface area contributed by atoms with Crippen LogP contribution in [0.2, 0.25) is 0 Å². The Kier molecular flexibility index (Phi) is 4.36. The SMILES string of the molecule is CC(C)(C)Nc1nc(N)c(C(=O)NC2CCCNC2=O)s1. The number of carbonyl (C=O) groups is 2. The summed E-state index contributed by atoms with van der Waals surface area (Å²) in [5, 5.41) is 9.22. The van der Waals surface area contributed by atoms with Gasteiger partial charge < -0.3 is 21.7 Å². The summed E-state index contributed by atoms with van der Waals surface area (Å²) < 4.78 is 0. The molecule has 8 heteroatoms. The van der Waals surface area contributed by atoms with Crippen molar-refractivity contribution in [1.29, 1.82) is 0 Å². The van der Waals surface area contributed by atoms with E-state index in [1.54, 1.807) is 0 Å². The fourth-order valence-electron chi connectivity index (χ4n) is 2.00. The van der Waals surface area contributed by atoms with E-state index < -0.39 is 6.04 Å². The topological polar surface area (TPSA) is 109 Å². The van der Waals surface area contributed by atoms with Crippen LogP contribution < -0.4 is 21.7 Å². The zero-order valence-corrected chi connectivity index (χ0v) is 13.3. The molecule has 2 amide bonds. The summed E-state index contributed by atoms with van der Waals surface area (Å²) >= 11 is 1.19. The van der Waals surface area contributed by atoms with Crippen molar-refractivity contribution in [2.75, 3.05) is 17.6 Å². The zero-order valence-electron chi connectivity index (χ0n) is 12.4. The lowest BCUT2D eigenvalue weighted by Gasteiger charge is -2.22. The molecule has 1 saturated heterocycles. The minimum atomic E-state index is -0.494. The molecule has 1 aromatic rings. The number of nitrogens with one attached hydrogen (secondary N) is 3. The molecule has 2 rings (SSSR count). The fraction of sp³-hybridized carbons (Fsp3) is 0.615. The first kappa shape index (κ1) is 15.6. The maximum atomic E-state index is 12.2. The van der Waals surface area contributed by atoms with Crippen molar-refractivity contribution < 1.29 is 9.59 Å². The first-order chi connectivity index (χ1) is 9.76. The number of thiazole rings is 1. The normalized spacial score (nSPS) is 19.0. The third-order valence-corrected chi connectivity index (χ3v) is 3.92. The number of hydrogen-bond acceptors (Lipinski definition) is 6. The highest BCUT2D eigenvalue weighted by Crippen LogP contribution is 2.27. The standard InChI is InChI=1S/C13H21N5O2S/c1-13(2,3)18-12-17-9(14)8(21-12)11(20)16-7-5-4-6-15-10(7)19/h7H,4-6,14H2,1-3H3,(H,15,19)(H,16,20)(H,17,18). The lowest BCUT2D eigenvalue weighted by Crippen LogP contribution is -2.50. The van der Waals surface area contributed by atoms with Gasteiger partial charge in [-0.25, -0.2) is 4.98 Å². The van der Waals surface area contributed by atoms with Gasteiger partial charge in [-0.05, 0) is 33.6 Å². The number of anilines is 2. The van der Waals surface area contributed by atoms with Gasteiger partial charge >= 0.3 is 0 Å². The molecule has 116 valence electrons. The molecule has 0 bridgehead atoms. The van der Waals surface area contributed by atoms with Crippen LogP contribution in [0.3, 0.4) is 0 Å². The zero-order chi connectivity index (χ0) is 15.6. The second-order valence-electron chi connectivity index (χ2n) is 6.07. The Bertz CT molecular complexity index is 549. The summed E-state index contributed by atoms with van der Waals surface area (Å²) in [6.45, 7) is 6.65. The number of amides is 2. The van der Waals surface area contributed by atoms with E-state index in [1.165, 1.54) is 11.3 Å². The van der Waals surface area contributed by atoms with E-state index in [0.29, 0.717) is 23.0 Å². The minimum Gasteiger partial charge on any atom is -0.382 e. The van der Waals surface area contributed by atoms with Gasteiger partial charge in [0.2, 0.25) is 5.91 Å². The molecular weight excluding hydrogens is 290 g/mol. The van der Waals surface area contributed by atoms with Crippen LogP contribution in [0.1, 0.15) is 43.3 Å².